The molecular weight excluding hydrogens is 345 g/mol. The van der Waals surface area contributed by atoms with Crippen molar-refractivity contribution in [2.75, 3.05) is 0 Å². The molecule has 0 bridgehead atoms. The number of sulfonamides is 1. The second-order valence-corrected chi connectivity index (χ2v) is 5.40. The van der Waals surface area contributed by atoms with Gasteiger partial charge in [0.2, 0.25) is 10.0 Å². The van der Waals surface area contributed by atoms with E-state index in [9.17, 15) is 31.7 Å². The number of nitro benzene ring substituents is 1. The van der Waals surface area contributed by atoms with E-state index in [-0.39, 0.29) is 0 Å². The molecule has 0 aliphatic rings. The van der Waals surface area contributed by atoms with E-state index in [2.05, 4.69) is 21.1 Å². The molecule has 2 N–H and O–H groups in total. The summed E-state index contributed by atoms with van der Waals surface area (Å²) in [6, 6.07) is 0.845. The van der Waals surface area contributed by atoms with E-state index in [0.717, 1.165) is 0 Å². The lowest BCUT2D eigenvalue weighted by molar-refractivity contribution is -0.389. The third-order valence-corrected chi connectivity index (χ3v) is 3.62. The average Bonchev–Trinajstić information content (AvgIpc) is 2.12. The summed E-state index contributed by atoms with van der Waals surface area (Å²) in [4.78, 5) is 8.41. The zero-order chi connectivity index (χ0) is 14.3. The van der Waals surface area contributed by atoms with E-state index in [1.807, 2.05) is 0 Å². The van der Waals surface area contributed by atoms with Crippen LogP contribution in [0.1, 0.15) is 5.56 Å². The van der Waals surface area contributed by atoms with Crippen molar-refractivity contribution in [3.05, 3.63) is 32.3 Å². The van der Waals surface area contributed by atoms with Crippen LogP contribution in [-0.4, -0.2) is 13.3 Å². The first-order chi connectivity index (χ1) is 7.96. The number of alkyl halides is 3. The van der Waals surface area contributed by atoms with Gasteiger partial charge in [-0.3, -0.25) is 10.1 Å². The van der Waals surface area contributed by atoms with E-state index >= 15 is 0 Å². The fraction of sp³-hybridized carbons (Fsp3) is 0.143. The van der Waals surface area contributed by atoms with Crippen LogP contribution in [0.25, 0.3) is 0 Å². The van der Waals surface area contributed by atoms with Crippen LogP contribution in [0.2, 0.25) is 0 Å². The highest BCUT2D eigenvalue weighted by atomic mass is 79.9. The number of hydrogen-bond acceptors (Lipinski definition) is 4. The maximum atomic E-state index is 12.5. The third-order valence-electron chi connectivity index (χ3n) is 1.87. The molecule has 0 aliphatic heterocycles. The average molecular weight is 349 g/mol. The molecular formula is C7H4BrF3N2O4S. The van der Waals surface area contributed by atoms with Crippen molar-refractivity contribution in [3.8, 4) is 0 Å². The first kappa shape index (κ1) is 14.9. The van der Waals surface area contributed by atoms with Crippen molar-refractivity contribution in [2.24, 2.45) is 5.14 Å². The molecule has 0 amide bonds. The Kier molecular flexibility index (Phi) is 3.70. The van der Waals surface area contributed by atoms with Crippen LogP contribution < -0.4 is 5.14 Å². The van der Waals surface area contributed by atoms with Gasteiger partial charge in [-0.15, -0.1) is 0 Å². The molecule has 0 spiro atoms. The molecule has 1 aromatic rings. The normalized spacial score (nSPS) is 12.5. The Morgan fingerprint density at radius 2 is 1.83 bits per heavy atom. The topological polar surface area (TPSA) is 103 Å². The fourth-order valence-corrected chi connectivity index (χ4v) is 2.72. The molecule has 1 aromatic carbocycles. The molecule has 0 saturated carbocycles. The molecule has 0 radical (unpaired) electrons. The number of nitrogens with zero attached hydrogens (tertiary/aromatic N) is 1. The number of nitrogens with two attached hydrogens (primary N) is 1. The van der Waals surface area contributed by atoms with E-state index in [1.54, 1.807) is 0 Å². The molecule has 0 aromatic heterocycles. The smallest absolute Gasteiger partial charge is 0.258 e. The number of nitro groups is 1. The SMILES string of the molecule is NS(=O)(=O)c1ccc(C(F)(F)F)c(Br)c1[N+](=O)[O-]. The predicted octanol–water partition coefficient (Wildman–Crippen LogP) is 2.02. The van der Waals surface area contributed by atoms with Crippen LogP contribution >= 0.6 is 15.9 Å². The van der Waals surface area contributed by atoms with Gasteiger partial charge in [-0.05, 0) is 28.1 Å². The summed E-state index contributed by atoms with van der Waals surface area (Å²) in [5, 5.41) is 15.3. The van der Waals surface area contributed by atoms with Gasteiger partial charge in [-0.25, -0.2) is 13.6 Å². The van der Waals surface area contributed by atoms with Crippen molar-refractivity contribution in [3.63, 3.8) is 0 Å². The van der Waals surface area contributed by atoms with E-state index in [4.69, 9.17) is 0 Å². The van der Waals surface area contributed by atoms with Gasteiger partial charge in [0.25, 0.3) is 0 Å². The fourth-order valence-electron chi connectivity index (χ4n) is 1.17. The first-order valence-corrected chi connectivity index (χ1v) is 6.37. The Morgan fingerprint density at radius 1 is 1.33 bits per heavy atom. The Bertz CT molecular complexity index is 614. The minimum Gasteiger partial charge on any atom is -0.258 e. The Morgan fingerprint density at radius 3 is 2.17 bits per heavy atom. The molecule has 0 heterocycles. The lowest BCUT2D eigenvalue weighted by atomic mass is 10.2. The highest BCUT2D eigenvalue weighted by molar-refractivity contribution is 9.10. The number of halogens is 4. The summed E-state index contributed by atoms with van der Waals surface area (Å²) < 4.78 is 58.6. The second kappa shape index (κ2) is 4.48. The van der Waals surface area contributed by atoms with Crippen molar-refractivity contribution < 1.29 is 26.5 Å². The molecule has 1 rings (SSSR count). The van der Waals surface area contributed by atoms with Crippen molar-refractivity contribution >= 4 is 31.6 Å². The van der Waals surface area contributed by atoms with E-state index < -0.39 is 41.7 Å². The van der Waals surface area contributed by atoms with Gasteiger partial charge in [-0.1, -0.05) is 0 Å². The Balaban J connectivity index is 3.75. The summed E-state index contributed by atoms with van der Waals surface area (Å²) in [6.07, 6.45) is -4.86. The largest absolute Gasteiger partial charge is 0.417 e. The zero-order valence-electron chi connectivity index (χ0n) is 8.23. The van der Waals surface area contributed by atoms with Crippen molar-refractivity contribution in [1.82, 2.24) is 0 Å². The van der Waals surface area contributed by atoms with E-state index in [1.165, 1.54) is 0 Å². The third kappa shape index (κ3) is 2.79. The number of primary sulfonamides is 1. The van der Waals surface area contributed by atoms with Crippen LogP contribution in [0.4, 0.5) is 18.9 Å². The summed E-state index contributed by atoms with van der Waals surface area (Å²) in [5.41, 5.74) is -2.60. The van der Waals surface area contributed by atoms with Crippen LogP contribution in [0.15, 0.2) is 21.5 Å². The molecule has 0 atom stereocenters. The second-order valence-electron chi connectivity index (χ2n) is 3.07. The number of benzene rings is 1. The van der Waals surface area contributed by atoms with Gasteiger partial charge < -0.3 is 0 Å². The standard InChI is InChI=1S/C7H4BrF3N2O4S/c8-5-3(7(9,10)11)1-2-4(18(12,16)17)6(5)13(14)15/h1-2H,(H2,12,16,17). The molecule has 18 heavy (non-hydrogen) atoms. The zero-order valence-corrected chi connectivity index (χ0v) is 10.6. The summed E-state index contributed by atoms with van der Waals surface area (Å²) in [5.74, 6) is 0. The quantitative estimate of drug-likeness (QED) is 0.652. The Labute approximate surface area is 107 Å². The van der Waals surface area contributed by atoms with Crippen molar-refractivity contribution in [1.29, 1.82) is 0 Å². The summed E-state index contributed by atoms with van der Waals surface area (Å²) in [6.45, 7) is 0. The first-order valence-electron chi connectivity index (χ1n) is 4.03. The molecule has 6 nitrogen and oxygen atoms in total. The van der Waals surface area contributed by atoms with Gasteiger partial charge in [-0.2, -0.15) is 13.2 Å². The lowest BCUT2D eigenvalue weighted by Crippen LogP contribution is -2.16. The molecule has 11 heteroatoms. The van der Waals surface area contributed by atoms with Gasteiger partial charge in [0, 0.05) is 0 Å². The summed E-state index contributed by atoms with van der Waals surface area (Å²) >= 11 is 2.38. The maximum absolute atomic E-state index is 12.5. The number of rotatable bonds is 2. The van der Waals surface area contributed by atoms with E-state index in [0.29, 0.717) is 12.1 Å². The highest BCUT2D eigenvalue weighted by Crippen LogP contribution is 2.41. The lowest BCUT2D eigenvalue weighted by Gasteiger charge is -2.10. The van der Waals surface area contributed by atoms with Gasteiger partial charge in [0.15, 0.2) is 4.90 Å². The van der Waals surface area contributed by atoms with Crippen LogP contribution in [0.5, 0.6) is 0 Å². The highest BCUT2D eigenvalue weighted by Gasteiger charge is 2.38. The predicted molar refractivity (Wildman–Crippen MR) is 57.2 cm³/mol. The molecule has 0 unspecified atom stereocenters. The molecule has 0 fully saturated rings. The van der Waals surface area contributed by atoms with Crippen LogP contribution in [0.3, 0.4) is 0 Å². The van der Waals surface area contributed by atoms with Crippen molar-refractivity contribution in [2.45, 2.75) is 11.1 Å². The van der Waals surface area contributed by atoms with Gasteiger partial charge in [0.1, 0.15) is 4.47 Å². The minimum absolute atomic E-state index is 0.400. The number of hydrogen-bond donors (Lipinski definition) is 1. The molecule has 0 saturated heterocycles. The van der Waals surface area contributed by atoms with Crippen LogP contribution in [-0.2, 0) is 16.2 Å². The monoisotopic (exact) mass is 348 g/mol. The minimum atomic E-state index is -4.86. The van der Waals surface area contributed by atoms with Gasteiger partial charge >= 0.3 is 11.9 Å². The van der Waals surface area contributed by atoms with Gasteiger partial charge in [0.05, 0.1) is 10.5 Å². The molecule has 100 valence electrons. The maximum Gasteiger partial charge on any atom is 0.417 e. The molecule has 0 aliphatic carbocycles. The Hall–Kier alpha value is -1.20. The van der Waals surface area contributed by atoms with Crippen LogP contribution in [0, 0.1) is 10.1 Å². The summed E-state index contributed by atoms with van der Waals surface area (Å²) in [7, 11) is -4.50.